The standard InChI is InChI=1S/C20H25N3O2/c1-16-6-5-7-18(14-16)25-15-20(24)22(2)17-9-12-23(13-10-17)19-8-3-4-11-21-19/h3-8,11,14,17H,9-10,12-13,15H2,1-2H3. The molecule has 5 nitrogen and oxygen atoms in total. The van der Waals surface area contributed by atoms with Crippen LogP contribution in [0.5, 0.6) is 5.75 Å². The summed E-state index contributed by atoms with van der Waals surface area (Å²) in [6.45, 7) is 3.92. The van der Waals surface area contributed by atoms with Crippen molar-refractivity contribution in [3.8, 4) is 5.75 Å². The van der Waals surface area contributed by atoms with E-state index >= 15 is 0 Å². The third-order valence-corrected chi connectivity index (χ3v) is 4.73. The molecule has 0 N–H and O–H groups in total. The van der Waals surface area contributed by atoms with Crippen LogP contribution in [0.1, 0.15) is 18.4 Å². The summed E-state index contributed by atoms with van der Waals surface area (Å²) in [6, 6.07) is 14.0. The Morgan fingerprint density at radius 2 is 2.04 bits per heavy atom. The molecular formula is C20H25N3O2. The fourth-order valence-electron chi connectivity index (χ4n) is 3.18. The molecule has 0 saturated carbocycles. The molecule has 132 valence electrons. The van der Waals surface area contributed by atoms with Gasteiger partial charge in [-0.3, -0.25) is 4.79 Å². The van der Waals surface area contributed by atoms with Gasteiger partial charge in [0.25, 0.3) is 5.91 Å². The molecule has 1 aliphatic rings. The molecule has 1 aromatic heterocycles. The molecule has 3 rings (SSSR count). The summed E-state index contributed by atoms with van der Waals surface area (Å²) in [5, 5.41) is 0. The number of aromatic nitrogens is 1. The number of carbonyl (C=O) groups is 1. The average molecular weight is 339 g/mol. The van der Waals surface area contributed by atoms with E-state index < -0.39 is 0 Å². The van der Waals surface area contributed by atoms with E-state index in [2.05, 4.69) is 9.88 Å². The Labute approximate surface area is 149 Å². The first-order valence-electron chi connectivity index (χ1n) is 8.74. The van der Waals surface area contributed by atoms with Crippen LogP contribution >= 0.6 is 0 Å². The zero-order chi connectivity index (χ0) is 17.6. The van der Waals surface area contributed by atoms with Crippen molar-refractivity contribution in [3.63, 3.8) is 0 Å². The topological polar surface area (TPSA) is 45.7 Å². The minimum absolute atomic E-state index is 0.0257. The molecule has 1 aliphatic heterocycles. The first kappa shape index (κ1) is 17.3. The van der Waals surface area contributed by atoms with E-state index in [0.29, 0.717) is 0 Å². The van der Waals surface area contributed by atoms with Crippen LogP contribution in [0, 0.1) is 6.92 Å². The number of carbonyl (C=O) groups excluding carboxylic acids is 1. The minimum atomic E-state index is 0.0257. The molecular weight excluding hydrogens is 314 g/mol. The Morgan fingerprint density at radius 1 is 1.24 bits per heavy atom. The van der Waals surface area contributed by atoms with Gasteiger partial charge in [0.1, 0.15) is 11.6 Å². The molecule has 0 atom stereocenters. The maximum absolute atomic E-state index is 12.4. The number of ether oxygens (including phenoxy) is 1. The number of aryl methyl sites for hydroxylation is 1. The van der Waals surface area contributed by atoms with Gasteiger partial charge < -0.3 is 14.5 Å². The molecule has 0 bridgehead atoms. The quantitative estimate of drug-likeness (QED) is 0.840. The highest BCUT2D eigenvalue weighted by atomic mass is 16.5. The van der Waals surface area contributed by atoms with Crippen molar-refractivity contribution in [2.24, 2.45) is 0 Å². The van der Waals surface area contributed by atoms with Gasteiger partial charge in [-0.2, -0.15) is 0 Å². The van der Waals surface area contributed by atoms with Gasteiger partial charge in [0, 0.05) is 32.4 Å². The van der Waals surface area contributed by atoms with Crippen molar-refractivity contribution >= 4 is 11.7 Å². The largest absolute Gasteiger partial charge is 0.484 e. The number of likely N-dealkylation sites (N-methyl/N-ethyl adjacent to an activating group) is 1. The third-order valence-electron chi connectivity index (χ3n) is 4.73. The number of hydrogen-bond donors (Lipinski definition) is 0. The van der Waals surface area contributed by atoms with Crippen molar-refractivity contribution in [1.29, 1.82) is 0 Å². The monoisotopic (exact) mass is 339 g/mol. The van der Waals surface area contributed by atoms with Crippen LogP contribution in [0.4, 0.5) is 5.82 Å². The number of amides is 1. The highest BCUT2D eigenvalue weighted by molar-refractivity contribution is 5.77. The van der Waals surface area contributed by atoms with Crippen molar-refractivity contribution in [2.45, 2.75) is 25.8 Å². The number of hydrogen-bond acceptors (Lipinski definition) is 4. The lowest BCUT2D eigenvalue weighted by atomic mass is 10.0. The summed E-state index contributed by atoms with van der Waals surface area (Å²) >= 11 is 0. The summed E-state index contributed by atoms with van der Waals surface area (Å²) < 4.78 is 5.64. The van der Waals surface area contributed by atoms with Gasteiger partial charge >= 0.3 is 0 Å². The SMILES string of the molecule is Cc1cccc(OCC(=O)N(C)C2CCN(c3ccccn3)CC2)c1. The molecule has 0 spiro atoms. The Hall–Kier alpha value is -2.56. The zero-order valence-electron chi connectivity index (χ0n) is 14.9. The second-order valence-corrected chi connectivity index (χ2v) is 6.52. The highest BCUT2D eigenvalue weighted by Crippen LogP contribution is 2.20. The fraction of sp³-hybridized carbons (Fsp3) is 0.400. The van der Waals surface area contributed by atoms with Gasteiger partial charge in [-0.25, -0.2) is 4.98 Å². The fourth-order valence-corrected chi connectivity index (χ4v) is 3.18. The predicted octanol–water partition coefficient (Wildman–Crippen LogP) is 2.90. The van der Waals surface area contributed by atoms with E-state index in [9.17, 15) is 4.79 Å². The van der Waals surface area contributed by atoms with Gasteiger partial charge in [0.2, 0.25) is 0 Å². The third kappa shape index (κ3) is 4.50. The maximum Gasteiger partial charge on any atom is 0.260 e. The Bertz CT molecular complexity index is 697. The normalized spacial score (nSPS) is 15.0. The second-order valence-electron chi connectivity index (χ2n) is 6.52. The van der Waals surface area contributed by atoms with Crippen LogP contribution in [0.25, 0.3) is 0 Å². The van der Waals surface area contributed by atoms with Gasteiger partial charge in [0.05, 0.1) is 0 Å². The number of pyridine rings is 1. The average Bonchev–Trinajstić information content (AvgIpc) is 2.66. The Balaban J connectivity index is 1.48. The molecule has 1 fully saturated rings. The van der Waals surface area contributed by atoms with Crippen LogP contribution in [0.3, 0.4) is 0 Å². The molecule has 25 heavy (non-hydrogen) atoms. The number of benzene rings is 1. The zero-order valence-corrected chi connectivity index (χ0v) is 14.9. The maximum atomic E-state index is 12.4. The molecule has 2 heterocycles. The van der Waals surface area contributed by atoms with Gasteiger partial charge in [0.15, 0.2) is 6.61 Å². The Kier molecular flexibility index (Phi) is 5.53. The van der Waals surface area contributed by atoms with Crippen molar-refractivity contribution in [2.75, 3.05) is 31.6 Å². The van der Waals surface area contributed by atoms with Crippen LogP contribution < -0.4 is 9.64 Å². The first-order chi connectivity index (χ1) is 12.1. The van der Waals surface area contributed by atoms with Gasteiger partial charge in [-0.15, -0.1) is 0 Å². The molecule has 1 saturated heterocycles. The molecule has 5 heteroatoms. The summed E-state index contributed by atoms with van der Waals surface area (Å²) in [4.78, 5) is 20.9. The van der Waals surface area contributed by atoms with Crippen molar-refractivity contribution in [3.05, 3.63) is 54.2 Å². The lowest BCUT2D eigenvalue weighted by molar-refractivity contribution is -0.134. The van der Waals surface area contributed by atoms with E-state index in [1.54, 1.807) is 0 Å². The lowest BCUT2D eigenvalue weighted by Crippen LogP contribution is -2.47. The van der Waals surface area contributed by atoms with Crippen LogP contribution in [0.2, 0.25) is 0 Å². The summed E-state index contributed by atoms with van der Waals surface area (Å²) in [5.74, 6) is 1.78. The van der Waals surface area contributed by atoms with E-state index in [1.165, 1.54) is 0 Å². The van der Waals surface area contributed by atoms with Gasteiger partial charge in [-0.05, 0) is 49.6 Å². The van der Waals surface area contributed by atoms with E-state index in [0.717, 1.165) is 43.1 Å². The molecule has 0 aliphatic carbocycles. The van der Waals surface area contributed by atoms with E-state index in [1.807, 2.05) is 67.5 Å². The highest BCUT2D eigenvalue weighted by Gasteiger charge is 2.26. The number of rotatable bonds is 5. The molecule has 0 unspecified atom stereocenters. The van der Waals surface area contributed by atoms with Crippen molar-refractivity contribution < 1.29 is 9.53 Å². The first-order valence-corrected chi connectivity index (χ1v) is 8.74. The van der Waals surface area contributed by atoms with Gasteiger partial charge in [-0.1, -0.05) is 18.2 Å². The van der Waals surface area contributed by atoms with Crippen LogP contribution in [0.15, 0.2) is 48.7 Å². The number of piperidine rings is 1. The smallest absolute Gasteiger partial charge is 0.260 e. The molecule has 1 aromatic carbocycles. The van der Waals surface area contributed by atoms with E-state index in [-0.39, 0.29) is 18.6 Å². The molecule has 2 aromatic rings. The van der Waals surface area contributed by atoms with Crippen LogP contribution in [-0.4, -0.2) is 48.6 Å². The second kappa shape index (κ2) is 8.01. The minimum Gasteiger partial charge on any atom is -0.484 e. The lowest BCUT2D eigenvalue weighted by Gasteiger charge is -2.37. The Morgan fingerprint density at radius 3 is 2.72 bits per heavy atom. The molecule has 0 radical (unpaired) electrons. The molecule has 1 amide bonds. The van der Waals surface area contributed by atoms with Crippen LogP contribution in [-0.2, 0) is 4.79 Å². The van der Waals surface area contributed by atoms with E-state index in [4.69, 9.17) is 4.74 Å². The number of anilines is 1. The predicted molar refractivity (Wildman–Crippen MR) is 98.9 cm³/mol. The summed E-state index contributed by atoms with van der Waals surface area (Å²) in [5.41, 5.74) is 1.13. The summed E-state index contributed by atoms with van der Waals surface area (Å²) in [7, 11) is 1.88. The van der Waals surface area contributed by atoms with Crippen molar-refractivity contribution in [1.82, 2.24) is 9.88 Å². The summed E-state index contributed by atoms with van der Waals surface area (Å²) in [6.07, 6.45) is 3.71. The number of nitrogens with zero attached hydrogens (tertiary/aromatic N) is 3.